The van der Waals surface area contributed by atoms with Gasteiger partial charge in [0, 0.05) is 24.3 Å². The molecule has 0 radical (unpaired) electrons. The number of sulfonamides is 1. The van der Waals surface area contributed by atoms with Crippen LogP contribution in [0.4, 0.5) is 5.69 Å². The van der Waals surface area contributed by atoms with Gasteiger partial charge in [-0.2, -0.15) is 0 Å². The minimum atomic E-state index is -3.78. The van der Waals surface area contributed by atoms with E-state index in [4.69, 9.17) is 0 Å². The lowest BCUT2D eigenvalue weighted by Gasteiger charge is -2.12. The predicted molar refractivity (Wildman–Crippen MR) is 109 cm³/mol. The molecule has 0 atom stereocenters. The van der Waals surface area contributed by atoms with E-state index in [0.717, 1.165) is 24.1 Å². The summed E-state index contributed by atoms with van der Waals surface area (Å²) < 4.78 is 27.9. The highest BCUT2D eigenvalue weighted by Crippen LogP contribution is 2.20. The monoisotopic (exact) mass is 389 g/mol. The Morgan fingerprint density at radius 3 is 2.48 bits per heavy atom. The number of hydrogen-bond acceptors (Lipinski definition) is 4. The van der Waals surface area contributed by atoms with E-state index in [1.165, 1.54) is 12.1 Å². The molecule has 0 unspecified atom stereocenters. The third kappa shape index (κ3) is 6.08. The summed E-state index contributed by atoms with van der Waals surface area (Å²) in [6, 6.07) is 11.7. The molecule has 2 aromatic carbocycles. The van der Waals surface area contributed by atoms with Gasteiger partial charge in [0.25, 0.3) is 15.9 Å². The average molecular weight is 390 g/mol. The summed E-state index contributed by atoms with van der Waals surface area (Å²) in [4.78, 5) is 12.5. The van der Waals surface area contributed by atoms with Crippen LogP contribution in [0.25, 0.3) is 0 Å². The van der Waals surface area contributed by atoms with Crippen molar-refractivity contribution in [2.45, 2.75) is 32.1 Å². The Kier molecular flexibility index (Phi) is 7.38. The second-order valence-corrected chi connectivity index (χ2v) is 8.14. The first-order valence-electron chi connectivity index (χ1n) is 9.02. The summed E-state index contributed by atoms with van der Waals surface area (Å²) in [7, 11) is -3.78. The molecule has 0 bridgehead atoms. The molecule has 146 valence electrons. The minimum absolute atomic E-state index is 0.0591. The van der Waals surface area contributed by atoms with E-state index in [9.17, 15) is 13.2 Å². The zero-order valence-electron chi connectivity index (χ0n) is 16.0. The molecule has 0 aliphatic heterocycles. The molecule has 7 heteroatoms. The van der Waals surface area contributed by atoms with Crippen LogP contribution >= 0.6 is 0 Å². The molecule has 3 N–H and O–H groups in total. The molecule has 0 saturated heterocycles. The summed E-state index contributed by atoms with van der Waals surface area (Å²) in [6.07, 6.45) is 1.03. The first-order chi connectivity index (χ1) is 12.8. The summed E-state index contributed by atoms with van der Waals surface area (Å²) >= 11 is 0. The molecule has 0 aliphatic carbocycles. The Hall–Kier alpha value is -2.38. The lowest BCUT2D eigenvalue weighted by Crippen LogP contribution is -2.32. The number of benzene rings is 2. The lowest BCUT2D eigenvalue weighted by molar-refractivity contribution is 0.0953. The van der Waals surface area contributed by atoms with E-state index in [0.29, 0.717) is 24.3 Å². The average Bonchev–Trinajstić information content (AvgIpc) is 2.61. The molecule has 27 heavy (non-hydrogen) atoms. The van der Waals surface area contributed by atoms with Gasteiger partial charge in [0.15, 0.2) is 0 Å². The highest BCUT2D eigenvalue weighted by molar-refractivity contribution is 7.92. The summed E-state index contributed by atoms with van der Waals surface area (Å²) in [5.41, 5.74) is 2.53. The van der Waals surface area contributed by atoms with E-state index >= 15 is 0 Å². The fourth-order valence-corrected chi connectivity index (χ4v) is 3.67. The molecule has 0 fully saturated rings. The van der Waals surface area contributed by atoms with Crippen molar-refractivity contribution in [1.29, 1.82) is 0 Å². The molecule has 0 aliphatic rings. The van der Waals surface area contributed by atoms with Gasteiger partial charge in [-0.1, -0.05) is 25.1 Å². The number of carbonyl (C=O) groups is 1. The molecule has 0 heterocycles. The van der Waals surface area contributed by atoms with Crippen molar-refractivity contribution in [3.8, 4) is 0 Å². The lowest BCUT2D eigenvalue weighted by atomic mass is 10.1. The van der Waals surface area contributed by atoms with E-state index in [-0.39, 0.29) is 10.8 Å². The molecule has 2 aromatic rings. The van der Waals surface area contributed by atoms with Crippen LogP contribution in [0.5, 0.6) is 0 Å². The number of aryl methyl sites for hydroxylation is 2. The van der Waals surface area contributed by atoms with Crippen LogP contribution in [0.3, 0.4) is 0 Å². The molecule has 0 spiro atoms. The van der Waals surface area contributed by atoms with Crippen molar-refractivity contribution in [2.75, 3.05) is 24.4 Å². The first kappa shape index (κ1) is 20.9. The zero-order valence-corrected chi connectivity index (χ0v) is 16.8. The summed E-state index contributed by atoms with van der Waals surface area (Å²) in [5.74, 6) is -0.279. The van der Waals surface area contributed by atoms with Crippen molar-refractivity contribution >= 4 is 21.6 Å². The first-order valence-corrected chi connectivity index (χ1v) is 10.5. The van der Waals surface area contributed by atoms with E-state index in [1.807, 2.05) is 13.0 Å². The Morgan fingerprint density at radius 2 is 1.78 bits per heavy atom. The summed E-state index contributed by atoms with van der Waals surface area (Å²) in [6.45, 7) is 7.80. The van der Waals surface area contributed by atoms with Crippen LogP contribution in [0.2, 0.25) is 0 Å². The van der Waals surface area contributed by atoms with Gasteiger partial charge in [0.2, 0.25) is 0 Å². The van der Waals surface area contributed by atoms with E-state index in [2.05, 4.69) is 22.3 Å². The topological polar surface area (TPSA) is 87.3 Å². The smallest absolute Gasteiger partial charge is 0.261 e. The van der Waals surface area contributed by atoms with Gasteiger partial charge in [-0.15, -0.1) is 0 Å². The van der Waals surface area contributed by atoms with Crippen molar-refractivity contribution in [3.05, 3.63) is 59.2 Å². The molecule has 6 nitrogen and oxygen atoms in total. The quantitative estimate of drug-likeness (QED) is 0.576. The summed E-state index contributed by atoms with van der Waals surface area (Å²) in [5, 5.41) is 6.02. The van der Waals surface area contributed by atoms with Crippen LogP contribution in [0.1, 0.15) is 34.8 Å². The van der Waals surface area contributed by atoms with E-state index < -0.39 is 10.0 Å². The highest BCUT2D eigenvalue weighted by atomic mass is 32.2. The zero-order chi connectivity index (χ0) is 19.9. The third-order valence-corrected chi connectivity index (χ3v) is 5.43. The van der Waals surface area contributed by atoms with Gasteiger partial charge in [-0.25, -0.2) is 8.42 Å². The number of amides is 1. The SMILES string of the molecule is CCCNCCNC(=O)c1cc(S(=O)(=O)Nc2cccc(C)c2)ccc1C. The Morgan fingerprint density at radius 1 is 1.00 bits per heavy atom. The molecular formula is C20H27N3O3S. The molecule has 2 rings (SSSR count). The Labute approximate surface area is 161 Å². The number of nitrogens with one attached hydrogen (secondary N) is 3. The van der Waals surface area contributed by atoms with Crippen LogP contribution in [-0.2, 0) is 10.0 Å². The van der Waals surface area contributed by atoms with Gasteiger partial charge in [-0.05, 0) is 62.2 Å². The maximum absolute atomic E-state index is 12.7. The highest BCUT2D eigenvalue weighted by Gasteiger charge is 2.18. The second kappa shape index (κ2) is 9.53. The van der Waals surface area contributed by atoms with Crippen LogP contribution < -0.4 is 15.4 Å². The van der Waals surface area contributed by atoms with Crippen LogP contribution in [0, 0.1) is 13.8 Å². The van der Waals surface area contributed by atoms with Gasteiger partial charge in [0.05, 0.1) is 4.90 Å². The van der Waals surface area contributed by atoms with Gasteiger partial charge >= 0.3 is 0 Å². The maximum atomic E-state index is 12.7. The molecule has 1 amide bonds. The van der Waals surface area contributed by atoms with Gasteiger partial charge < -0.3 is 10.6 Å². The van der Waals surface area contributed by atoms with Crippen molar-refractivity contribution < 1.29 is 13.2 Å². The fourth-order valence-electron chi connectivity index (χ4n) is 2.60. The maximum Gasteiger partial charge on any atom is 0.261 e. The normalized spacial score (nSPS) is 11.2. The Balaban J connectivity index is 2.14. The van der Waals surface area contributed by atoms with Crippen molar-refractivity contribution in [3.63, 3.8) is 0 Å². The largest absolute Gasteiger partial charge is 0.351 e. The van der Waals surface area contributed by atoms with Crippen molar-refractivity contribution in [1.82, 2.24) is 10.6 Å². The Bertz CT molecular complexity index is 895. The number of hydrogen-bond donors (Lipinski definition) is 3. The van der Waals surface area contributed by atoms with Crippen LogP contribution in [-0.4, -0.2) is 34.0 Å². The van der Waals surface area contributed by atoms with Crippen LogP contribution in [0.15, 0.2) is 47.4 Å². The van der Waals surface area contributed by atoms with Crippen molar-refractivity contribution in [2.24, 2.45) is 0 Å². The number of rotatable bonds is 9. The number of anilines is 1. The molecular weight excluding hydrogens is 362 g/mol. The van der Waals surface area contributed by atoms with Gasteiger partial charge in [0.1, 0.15) is 0 Å². The second-order valence-electron chi connectivity index (χ2n) is 6.46. The van der Waals surface area contributed by atoms with Gasteiger partial charge in [-0.3, -0.25) is 9.52 Å². The standard InChI is InChI=1S/C20H27N3O3S/c1-4-10-21-11-12-22-20(24)19-14-18(9-8-16(19)3)27(25,26)23-17-7-5-6-15(2)13-17/h5-9,13-14,21,23H,4,10-12H2,1-3H3,(H,22,24). The fraction of sp³-hybridized carbons (Fsp3) is 0.350. The predicted octanol–water partition coefficient (Wildman–Crippen LogP) is 2.83. The van der Waals surface area contributed by atoms with E-state index in [1.54, 1.807) is 31.2 Å². The third-order valence-electron chi connectivity index (χ3n) is 4.05. The number of carbonyl (C=O) groups excluding carboxylic acids is 1. The molecule has 0 saturated carbocycles. The molecule has 0 aromatic heterocycles. The minimum Gasteiger partial charge on any atom is -0.351 e.